The largest absolute Gasteiger partial charge is 0.506 e. The zero-order chi connectivity index (χ0) is 20.5. The molecule has 8 nitrogen and oxygen atoms in total. The van der Waals surface area contributed by atoms with Crippen LogP contribution in [0.2, 0.25) is 0 Å². The molecule has 0 atom stereocenters. The van der Waals surface area contributed by atoms with E-state index in [1.54, 1.807) is 73.3 Å². The molecule has 29 heavy (non-hydrogen) atoms. The van der Waals surface area contributed by atoms with E-state index in [0.29, 0.717) is 0 Å². The second kappa shape index (κ2) is 16.5. The van der Waals surface area contributed by atoms with E-state index >= 15 is 0 Å². The molecule has 4 aromatic rings. The molecule has 4 N–H and O–H groups in total. The Morgan fingerprint density at radius 1 is 0.414 bits per heavy atom. The molecule has 0 saturated carbocycles. The van der Waals surface area contributed by atoms with Gasteiger partial charge in [0.15, 0.2) is 0 Å². The molecule has 0 aliphatic rings. The fourth-order valence-corrected chi connectivity index (χ4v) is 1.41. The molecule has 0 aliphatic heterocycles. The van der Waals surface area contributed by atoms with Crippen LogP contribution in [-0.4, -0.2) is 58.0 Å². The van der Waals surface area contributed by atoms with E-state index < -0.39 is 0 Å². The van der Waals surface area contributed by atoms with Crippen LogP contribution in [0, 0.1) is 0 Å². The molecule has 4 rings (SSSR count). The minimum absolute atomic E-state index is 0. The molecule has 0 spiro atoms. The third-order valence-corrected chi connectivity index (χ3v) is 2.58. The molecule has 0 saturated heterocycles. The van der Waals surface area contributed by atoms with Crippen molar-refractivity contribution in [2.24, 2.45) is 0 Å². The first-order valence-corrected chi connectivity index (χ1v) is 7.94. The molecule has 0 aromatic carbocycles. The Balaban J connectivity index is 0.000000356. The van der Waals surface area contributed by atoms with Gasteiger partial charge in [-0.25, -0.2) is 0 Å². The number of rotatable bonds is 0. The summed E-state index contributed by atoms with van der Waals surface area (Å²) in [6.07, 6.45) is 12.0. The van der Waals surface area contributed by atoms with Crippen molar-refractivity contribution >= 4 is 17.6 Å². The molecule has 9 heteroatoms. The van der Waals surface area contributed by atoms with Gasteiger partial charge in [-0.05, 0) is 48.5 Å². The minimum Gasteiger partial charge on any atom is -0.506 e. The maximum atomic E-state index is 8.57. The van der Waals surface area contributed by atoms with Gasteiger partial charge in [0.1, 0.15) is 23.0 Å². The van der Waals surface area contributed by atoms with E-state index in [0.717, 1.165) is 0 Å². The van der Waals surface area contributed by atoms with Gasteiger partial charge in [-0.1, -0.05) is 0 Å². The van der Waals surface area contributed by atoms with Gasteiger partial charge in [0.05, 0.1) is 24.8 Å². The Morgan fingerprint density at radius 2 is 0.621 bits per heavy atom. The van der Waals surface area contributed by atoms with Crippen molar-refractivity contribution in [3.05, 3.63) is 98.1 Å². The summed E-state index contributed by atoms with van der Waals surface area (Å²) in [7, 11) is 0. The second-order valence-corrected chi connectivity index (χ2v) is 4.84. The van der Waals surface area contributed by atoms with Crippen LogP contribution in [0.25, 0.3) is 0 Å². The molecule has 0 aliphatic carbocycles. The van der Waals surface area contributed by atoms with E-state index in [1.165, 1.54) is 24.8 Å². The van der Waals surface area contributed by atoms with Gasteiger partial charge < -0.3 is 20.4 Å². The predicted octanol–water partition coefficient (Wildman–Crippen LogP) is 2.77. The predicted molar refractivity (Wildman–Crippen MR) is 109 cm³/mol. The maximum Gasteiger partial charge on any atom is 0.133 e. The summed E-state index contributed by atoms with van der Waals surface area (Å²) in [4.78, 5) is 14.5. The van der Waals surface area contributed by atoms with E-state index in [1.807, 2.05) is 0 Å². The smallest absolute Gasteiger partial charge is 0.133 e. The van der Waals surface area contributed by atoms with Gasteiger partial charge in [0.25, 0.3) is 0 Å². The van der Waals surface area contributed by atoms with Crippen molar-refractivity contribution in [1.82, 2.24) is 19.9 Å². The Morgan fingerprint density at radius 3 is 0.690 bits per heavy atom. The van der Waals surface area contributed by atoms with Gasteiger partial charge in [-0.2, -0.15) is 0 Å². The van der Waals surface area contributed by atoms with Gasteiger partial charge in [0, 0.05) is 42.4 Å². The van der Waals surface area contributed by atoms with Crippen LogP contribution in [0.15, 0.2) is 98.1 Å². The Labute approximate surface area is 179 Å². The summed E-state index contributed by atoms with van der Waals surface area (Å²) in [5, 5.41) is 34.3. The van der Waals surface area contributed by atoms with E-state index in [2.05, 4.69) is 19.9 Å². The van der Waals surface area contributed by atoms with Crippen LogP contribution in [0.1, 0.15) is 0 Å². The molecular weight excluding hydrogens is 433 g/mol. The van der Waals surface area contributed by atoms with Crippen molar-refractivity contribution in [3.8, 4) is 23.0 Å². The summed E-state index contributed by atoms with van der Waals surface area (Å²) in [6.45, 7) is 0. The van der Waals surface area contributed by atoms with Crippen molar-refractivity contribution < 1.29 is 20.4 Å². The average molecular weight is 453 g/mol. The Hall–Kier alpha value is -3.66. The van der Waals surface area contributed by atoms with Gasteiger partial charge in [-0.3, -0.25) is 19.9 Å². The monoisotopic (exact) mass is 454 g/mol. The summed E-state index contributed by atoms with van der Waals surface area (Å²) < 4.78 is 0. The van der Waals surface area contributed by atoms with Gasteiger partial charge in [-0.15, -0.1) is 0 Å². The molecule has 0 fully saturated rings. The first-order chi connectivity index (χ1) is 13.6. The van der Waals surface area contributed by atoms with Crippen LogP contribution >= 0.6 is 0 Å². The molecule has 4 radical (unpaired) electrons. The molecule has 148 valence electrons. The maximum absolute atomic E-state index is 8.57. The number of nitrogens with zero attached hydrogens (tertiary/aromatic N) is 4. The summed E-state index contributed by atoms with van der Waals surface area (Å²) in [5.41, 5.74) is 0. The molecule has 0 amide bonds. The third kappa shape index (κ3) is 15.1. The molecule has 0 unspecified atom stereocenters. The first-order valence-electron chi connectivity index (χ1n) is 7.94. The van der Waals surface area contributed by atoms with E-state index in [4.69, 9.17) is 20.4 Å². The summed E-state index contributed by atoms with van der Waals surface area (Å²) >= 11 is 0. The molecule has 4 heterocycles. The Bertz CT molecular complexity index is 708. The second-order valence-electron chi connectivity index (χ2n) is 4.84. The van der Waals surface area contributed by atoms with Crippen LogP contribution in [0.4, 0.5) is 0 Å². The van der Waals surface area contributed by atoms with Gasteiger partial charge in [0.2, 0.25) is 0 Å². The van der Waals surface area contributed by atoms with Gasteiger partial charge >= 0.3 is 0 Å². The van der Waals surface area contributed by atoms with Crippen molar-refractivity contribution in [2.75, 3.05) is 0 Å². The molecule has 0 bridgehead atoms. The molecular formula is C20H20GeN4O4. The fourth-order valence-electron chi connectivity index (χ4n) is 1.41. The average Bonchev–Trinajstić information content (AvgIpc) is 2.72. The molecule has 4 aromatic heterocycles. The zero-order valence-corrected chi connectivity index (χ0v) is 17.4. The Kier molecular flexibility index (Phi) is 14.4. The number of hydrogen-bond acceptors (Lipinski definition) is 8. The SMILES string of the molecule is Oc1cccnc1.Oc1cccnc1.Oc1cccnc1.Oc1cccnc1.[Ge]. The van der Waals surface area contributed by atoms with Crippen molar-refractivity contribution in [1.29, 1.82) is 0 Å². The van der Waals surface area contributed by atoms with Crippen molar-refractivity contribution in [2.45, 2.75) is 0 Å². The number of aromatic hydroxyl groups is 4. The minimum atomic E-state index is 0. The zero-order valence-electron chi connectivity index (χ0n) is 15.3. The number of hydrogen-bond donors (Lipinski definition) is 4. The van der Waals surface area contributed by atoms with E-state index in [9.17, 15) is 0 Å². The fraction of sp³-hybridized carbons (Fsp3) is 0. The number of aromatic nitrogens is 4. The van der Waals surface area contributed by atoms with Crippen LogP contribution in [0.5, 0.6) is 23.0 Å². The summed E-state index contributed by atoms with van der Waals surface area (Å²) in [5.74, 6) is 0.843. The third-order valence-electron chi connectivity index (χ3n) is 2.58. The van der Waals surface area contributed by atoms with Crippen LogP contribution in [-0.2, 0) is 0 Å². The normalized spacial score (nSPS) is 8.28. The van der Waals surface area contributed by atoms with Crippen LogP contribution < -0.4 is 0 Å². The topological polar surface area (TPSA) is 132 Å². The first kappa shape index (κ1) is 25.3. The quantitative estimate of drug-likeness (QED) is 0.299. The van der Waals surface area contributed by atoms with E-state index in [-0.39, 0.29) is 40.6 Å². The van der Waals surface area contributed by atoms with Crippen molar-refractivity contribution in [3.63, 3.8) is 0 Å². The summed E-state index contributed by atoms with van der Waals surface area (Å²) in [6, 6.07) is 13.0. The number of pyridine rings is 4. The van der Waals surface area contributed by atoms with Crippen LogP contribution in [0.3, 0.4) is 0 Å². The standard InChI is InChI=1S/4C5H5NO.Ge/c4*7-5-2-1-3-6-4-5;/h4*1-4,7H;.